The van der Waals surface area contributed by atoms with Gasteiger partial charge in [0.2, 0.25) is 0 Å². The number of ether oxygens (including phenoxy) is 1. The van der Waals surface area contributed by atoms with Crippen LogP contribution < -0.4 is 10.3 Å². The maximum Gasteiger partial charge on any atom is 0.194 e. The lowest BCUT2D eigenvalue weighted by Crippen LogP contribution is -2.24. The SMILES string of the molecule is O=c1c2c([nH]c3ccccc13)[C@@H](C1=C3C=COC=C3CC1)N(c1ccccn1)C2. The first-order chi connectivity index (χ1) is 14.3. The number of anilines is 1. The number of benzene rings is 1. The molecule has 0 saturated carbocycles. The largest absolute Gasteiger partial charge is 0.472 e. The van der Waals surface area contributed by atoms with Crippen LogP contribution in [0.5, 0.6) is 0 Å². The van der Waals surface area contributed by atoms with Gasteiger partial charge < -0.3 is 14.6 Å². The van der Waals surface area contributed by atoms with Crippen molar-refractivity contribution in [3.8, 4) is 0 Å². The molecule has 1 aromatic carbocycles. The summed E-state index contributed by atoms with van der Waals surface area (Å²) in [6.45, 7) is 0.549. The first-order valence-corrected chi connectivity index (χ1v) is 9.87. The van der Waals surface area contributed by atoms with Crippen LogP contribution in [0.3, 0.4) is 0 Å². The Hall–Kier alpha value is -3.60. The minimum Gasteiger partial charge on any atom is -0.472 e. The van der Waals surface area contributed by atoms with Crippen LogP contribution in [0.25, 0.3) is 10.9 Å². The third-order valence-corrected chi connectivity index (χ3v) is 6.11. The smallest absolute Gasteiger partial charge is 0.194 e. The Morgan fingerprint density at radius 2 is 2.00 bits per heavy atom. The summed E-state index contributed by atoms with van der Waals surface area (Å²) in [5, 5.41) is 0.739. The number of nitrogens with zero attached hydrogens (tertiary/aromatic N) is 2. The van der Waals surface area contributed by atoms with Gasteiger partial charge in [0, 0.05) is 22.7 Å². The molecule has 5 heteroatoms. The van der Waals surface area contributed by atoms with Gasteiger partial charge in [-0.1, -0.05) is 18.2 Å². The minimum atomic E-state index is -0.0409. The molecule has 0 fully saturated rings. The van der Waals surface area contributed by atoms with Crippen LogP contribution in [0.4, 0.5) is 5.82 Å². The van der Waals surface area contributed by atoms with E-state index in [1.165, 1.54) is 16.7 Å². The maximum absolute atomic E-state index is 13.3. The van der Waals surface area contributed by atoms with Crippen LogP contribution in [0.1, 0.15) is 30.1 Å². The number of nitrogens with one attached hydrogen (secondary N) is 1. The van der Waals surface area contributed by atoms with Crippen LogP contribution in [0, 0.1) is 0 Å². The molecule has 1 N–H and O–H groups in total. The van der Waals surface area contributed by atoms with Crippen LogP contribution in [-0.4, -0.2) is 9.97 Å². The maximum atomic E-state index is 13.3. The molecule has 0 spiro atoms. The zero-order chi connectivity index (χ0) is 19.4. The molecule has 5 nitrogen and oxygen atoms in total. The van der Waals surface area contributed by atoms with Crippen LogP contribution in [-0.2, 0) is 11.3 Å². The van der Waals surface area contributed by atoms with E-state index < -0.39 is 0 Å². The molecule has 6 rings (SSSR count). The summed E-state index contributed by atoms with van der Waals surface area (Å²) in [5.74, 6) is 0.882. The van der Waals surface area contributed by atoms with Gasteiger partial charge in [0.15, 0.2) is 5.43 Å². The van der Waals surface area contributed by atoms with Crippen LogP contribution >= 0.6 is 0 Å². The Bertz CT molecular complexity index is 1280. The van der Waals surface area contributed by atoms with Gasteiger partial charge in [0.1, 0.15) is 5.82 Å². The standard InChI is InChI=1S/C24H19N3O2/c28-24-18-5-1-2-6-20(18)26-22-19(24)13-27(21-7-3-4-11-25-21)23(22)17-9-8-15-14-29-12-10-16(15)17/h1-7,10-12,14,23H,8-9,13H2,(H,26,28)/t23-/m1/s1. The normalized spacial score (nSPS) is 19.9. The van der Waals surface area contributed by atoms with Gasteiger partial charge in [-0.25, -0.2) is 4.98 Å². The second-order valence-electron chi connectivity index (χ2n) is 7.63. The van der Waals surface area contributed by atoms with E-state index in [4.69, 9.17) is 4.74 Å². The van der Waals surface area contributed by atoms with Gasteiger partial charge in [-0.2, -0.15) is 0 Å². The van der Waals surface area contributed by atoms with Gasteiger partial charge >= 0.3 is 0 Å². The number of para-hydroxylation sites is 1. The van der Waals surface area contributed by atoms with Crippen LogP contribution in [0.2, 0.25) is 0 Å². The van der Waals surface area contributed by atoms with E-state index in [0.29, 0.717) is 6.54 Å². The lowest BCUT2D eigenvalue weighted by Gasteiger charge is -2.28. The molecule has 1 atom stereocenters. The molecule has 3 aromatic rings. The van der Waals surface area contributed by atoms with Gasteiger partial charge in [0.25, 0.3) is 0 Å². The number of fused-ring (bicyclic) bond motifs is 3. The Kier molecular flexibility index (Phi) is 3.50. The average molecular weight is 381 g/mol. The fourth-order valence-electron chi connectivity index (χ4n) is 4.80. The van der Waals surface area contributed by atoms with Crippen molar-refractivity contribution >= 4 is 16.7 Å². The third-order valence-electron chi connectivity index (χ3n) is 6.11. The topological polar surface area (TPSA) is 58.2 Å². The number of H-pyrrole nitrogens is 1. The van der Waals surface area contributed by atoms with Gasteiger partial charge in [-0.15, -0.1) is 0 Å². The number of pyridine rings is 2. The van der Waals surface area contributed by atoms with Crippen LogP contribution in [0.15, 0.2) is 88.8 Å². The lowest BCUT2D eigenvalue weighted by molar-refractivity contribution is 0.393. The summed E-state index contributed by atoms with van der Waals surface area (Å²) in [4.78, 5) is 23.7. The Balaban J connectivity index is 1.61. The highest BCUT2D eigenvalue weighted by atomic mass is 16.5. The summed E-state index contributed by atoms with van der Waals surface area (Å²) >= 11 is 0. The highest BCUT2D eigenvalue weighted by Gasteiger charge is 2.39. The third kappa shape index (κ3) is 2.40. The molecule has 0 saturated heterocycles. The highest BCUT2D eigenvalue weighted by Crippen LogP contribution is 2.47. The number of hydrogen-bond acceptors (Lipinski definition) is 4. The first-order valence-electron chi connectivity index (χ1n) is 9.87. The quantitative estimate of drug-likeness (QED) is 0.710. The second-order valence-corrected chi connectivity index (χ2v) is 7.63. The zero-order valence-electron chi connectivity index (χ0n) is 15.8. The summed E-state index contributed by atoms with van der Waals surface area (Å²) in [5.41, 5.74) is 6.57. The number of allylic oxidation sites excluding steroid dienone is 3. The van der Waals surface area contributed by atoms with E-state index in [-0.39, 0.29) is 11.5 Å². The molecule has 2 aliphatic heterocycles. The Morgan fingerprint density at radius 3 is 2.90 bits per heavy atom. The Morgan fingerprint density at radius 1 is 1.10 bits per heavy atom. The molecule has 0 bridgehead atoms. The van der Waals surface area contributed by atoms with Crippen molar-refractivity contribution in [3.63, 3.8) is 0 Å². The molecule has 4 heterocycles. The molecule has 0 amide bonds. The summed E-state index contributed by atoms with van der Waals surface area (Å²) in [6, 6.07) is 13.6. The van der Waals surface area contributed by atoms with Crippen molar-refractivity contribution in [2.75, 3.05) is 4.90 Å². The molecule has 3 aliphatic rings. The van der Waals surface area contributed by atoms with Crippen molar-refractivity contribution in [2.45, 2.75) is 25.4 Å². The minimum absolute atomic E-state index is 0.0409. The fraction of sp³-hybridized carbons (Fsp3) is 0.167. The fourth-order valence-corrected chi connectivity index (χ4v) is 4.80. The summed E-state index contributed by atoms with van der Waals surface area (Å²) in [7, 11) is 0. The summed E-state index contributed by atoms with van der Waals surface area (Å²) in [6.07, 6.45) is 9.32. The van der Waals surface area contributed by atoms with Crippen molar-refractivity contribution in [1.29, 1.82) is 0 Å². The number of aromatic amines is 1. The molecule has 29 heavy (non-hydrogen) atoms. The molecule has 0 radical (unpaired) electrons. The molecule has 0 unspecified atom stereocenters. The van der Waals surface area contributed by atoms with Gasteiger partial charge in [-0.3, -0.25) is 4.79 Å². The summed E-state index contributed by atoms with van der Waals surface area (Å²) < 4.78 is 5.39. The van der Waals surface area contributed by atoms with E-state index in [2.05, 4.69) is 14.9 Å². The van der Waals surface area contributed by atoms with Crippen molar-refractivity contribution in [3.05, 3.63) is 105 Å². The molecular formula is C24H19N3O2. The average Bonchev–Trinajstić information content (AvgIpc) is 3.36. The van der Waals surface area contributed by atoms with Gasteiger partial charge in [0.05, 0.1) is 30.8 Å². The zero-order valence-corrected chi connectivity index (χ0v) is 15.8. The number of hydrogen-bond donors (Lipinski definition) is 1. The Labute approximate surface area is 167 Å². The monoisotopic (exact) mass is 381 g/mol. The predicted octanol–water partition coefficient (Wildman–Crippen LogP) is 4.50. The molecule has 1 aliphatic carbocycles. The van der Waals surface area contributed by atoms with E-state index in [1.54, 1.807) is 12.5 Å². The molecule has 142 valence electrons. The van der Waals surface area contributed by atoms with Crippen molar-refractivity contribution in [2.24, 2.45) is 0 Å². The highest BCUT2D eigenvalue weighted by molar-refractivity contribution is 5.80. The predicted molar refractivity (Wildman–Crippen MR) is 112 cm³/mol. The lowest BCUT2D eigenvalue weighted by atomic mass is 9.97. The number of rotatable bonds is 2. The van der Waals surface area contributed by atoms with E-state index >= 15 is 0 Å². The van der Waals surface area contributed by atoms with E-state index in [0.717, 1.165) is 40.8 Å². The first kappa shape index (κ1) is 16.4. The molecular weight excluding hydrogens is 362 g/mol. The second kappa shape index (κ2) is 6.21. The van der Waals surface area contributed by atoms with Crippen molar-refractivity contribution in [1.82, 2.24) is 9.97 Å². The number of aromatic nitrogens is 2. The molecule has 2 aromatic heterocycles. The van der Waals surface area contributed by atoms with Crippen molar-refractivity contribution < 1.29 is 4.74 Å². The van der Waals surface area contributed by atoms with E-state index in [9.17, 15) is 4.79 Å². The van der Waals surface area contributed by atoms with Gasteiger partial charge in [-0.05, 0) is 59.9 Å². The van der Waals surface area contributed by atoms with E-state index in [1.807, 2.05) is 54.8 Å².